The molecule has 0 aliphatic heterocycles. The number of carbonyl (C=O) groups is 1. The molecule has 1 atom stereocenters. The van der Waals surface area contributed by atoms with Gasteiger partial charge >= 0.3 is 0 Å². The maximum absolute atomic E-state index is 12.4. The van der Waals surface area contributed by atoms with Gasteiger partial charge in [-0.2, -0.15) is 0 Å². The molecule has 122 valence electrons. The predicted octanol–water partition coefficient (Wildman–Crippen LogP) is 5.53. The Balaban J connectivity index is 1.86. The highest BCUT2D eigenvalue weighted by Gasteiger charge is 2.23. The van der Waals surface area contributed by atoms with E-state index in [1.54, 1.807) is 0 Å². The zero-order valence-corrected chi connectivity index (χ0v) is 15.8. The quantitative estimate of drug-likeness (QED) is 0.662. The minimum Gasteiger partial charge on any atom is -0.296 e. The first-order chi connectivity index (χ1) is 10.9. The van der Waals surface area contributed by atoms with E-state index in [2.05, 4.69) is 22.2 Å². The average Bonchev–Trinajstić information content (AvgIpc) is 2.89. The van der Waals surface area contributed by atoms with Gasteiger partial charge in [-0.25, -0.2) is 9.97 Å². The topological polar surface area (TPSA) is 54.9 Å². The van der Waals surface area contributed by atoms with Crippen molar-refractivity contribution in [1.82, 2.24) is 9.97 Å². The molecular formula is C14H11Cl4N3OS. The van der Waals surface area contributed by atoms with Crippen molar-refractivity contribution in [1.29, 1.82) is 0 Å². The minimum absolute atomic E-state index is 0.00532. The Morgan fingerprint density at radius 1 is 1.17 bits per heavy atom. The molecule has 0 bridgehead atoms. The first-order valence-electron chi connectivity index (χ1n) is 6.86. The molecule has 1 N–H and O–H groups in total. The van der Waals surface area contributed by atoms with Gasteiger partial charge in [-0.15, -0.1) is 11.3 Å². The molecular weight excluding hydrogens is 400 g/mol. The molecule has 0 spiro atoms. The second-order valence-electron chi connectivity index (χ2n) is 5.38. The number of rotatable bonds is 2. The molecule has 3 rings (SSSR count). The molecule has 0 radical (unpaired) electrons. The number of hydrogen-bond acceptors (Lipinski definition) is 4. The lowest BCUT2D eigenvalue weighted by Gasteiger charge is -2.15. The van der Waals surface area contributed by atoms with Crippen LogP contribution in [0.1, 0.15) is 34.4 Å². The van der Waals surface area contributed by atoms with Crippen molar-refractivity contribution in [2.45, 2.75) is 26.2 Å². The summed E-state index contributed by atoms with van der Waals surface area (Å²) < 4.78 is 0. The zero-order chi connectivity index (χ0) is 16.7. The van der Waals surface area contributed by atoms with Crippen molar-refractivity contribution in [2.24, 2.45) is 5.92 Å². The normalized spacial score (nSPS) is 17.0. The average molecular weight is 411 g/mol. The van der Waals surface area contributed by atoms with E-state index in [9.17, 15) is 4.79 Å². The third kappa shape index (κ3) is 3.44. The Hall–Kier alpha value is -0.590. The number of halogens is 4. The van der Waals surface area contributed by atoms with Gasteiger partial charge in [-0.1, -0.05) is 53.3 Å². The summed E-state index contributed by atoms with van der Waals surface area (Å²) in [6, 6.07) is 0. The third-order valence-corrected chi connectivity index (χ3v) is 6.32. The van der Waals surface area contributed by atoms with Gasteiger partial charge in [0.05, 0.1) is 20.8 Å². The van der Waals surface area contributed by atoms with Crippen molar-refractivity contribution < 1.29 is 4.79 Å². The Morgan fingerprint density at radius 3 is 2.65 bits per heavy atom. The van der Waals surface area contributed by atoms with Crippen LogP contribution in [0.5, 0.6) is 0 Å². The van der Waals surface area contributed by atoms with Gasteiger partial charge in [-0.3, -0.25) is 10.1 Å². The number of carbonyl (C=O) groups excluding carboxylic acids is 1. The molecule has 9 heteroatoms. The molecule has 4 nitrogen and oxygen atoms in total. The zero-order valence-electron chi connectivity index (χ0n) is 11.9. The van der Waals surface area contributed by atoms with Gasteiger partial charge in [-0.05, 0) is 25.2 Å². The van der Waals surface area contributed by atoms with E-state index >= 15 is 0 Å². The summed E-state index contributed by atoms with van der Waals surface area (Å²) >= 11 is 25.2. The number of nitrogens with one attached hydrogen (secondary N) is 1. The fraction of sp³-hybridized carbons (Fsp3) is 0.357. The summed E-state index contributed by atoms with van der Waals surface area (Å²) in [5.74, 6) is 0.117. The van der Waals surface area contributed by atoms with E-state index < -0.39 is 5.91 Å². The Bertz CT molecular complexity index is 793. The maximum atomic E-state index is 12.4. The molecule has 2 aromatic heterocycles. The van der Waals surface area contributed by atoms with Gasteiger partial charge in [0.2, 0.25) is 0 Å². The summed E-state index contributed by atoms with van der Waals surface area (Å²) in [6.45, 7) is 2.21. The number of nitrogens with zero attached hydrogens (tertiary/aromatic N) is 2. The van der Waals surface area contributed by atoms with E-state index in [0.717, 1.165) is 25.0 Å². The van der Waals surface area contributed by atoms with E-state index in [-0.39, 0.29) is 25.9 Å². The van der Waals surface area contributed by atoms with Crippen LogP contribution < -0.4 is 5.32 Å². The van der Waals surface area contributed by atoms with Crippen LogP contribution in [0.3, 0.4) is 0 Å². The molecule has 0 fully saturated rings. The molecule has 2 aromatic rings. The SMILES string of the molecule is C[C@H]1CCc2nc(NC(=O)c3nc(Cl)c(Cl)c(Cl)c3Cl)sc2C1. The molecule has 0 aromatic carbocycles. The highest BCUT2D eigenvalue weighted by atomic mass is 35.5. The van der Waals surface area contributed by atoms with Crippen molar-refractivity contribution in [3.63, 3.8) is 0 Å². The van der Waals surface area contributed by atoms with Crippen LogP contribution in [-0.4, -0.2) is 15.9 Å². The van der Waals surface area contributed by atoms with Gasteiger partial charge in [0.15, 0.2) is 10.8 Å². The molecule has 23 heavy (non-hydrogen) atoms. The number of amides is 1. The minimum atomic E-state index is -0.519. The number of hydrogen-bond donors (Lipinski definition) is 1. The smallest absolute Gasteiger partial charge is 0.277 e. The summed E-state index contributed by atoms with van der Waals surface area (Å²) in [5.41, 5.74) is 0.974. The van der Waals surface area contributed by atoms with Crippen LogP contribution in [-0.2, 0) is 12.8 Å². The van der Waals surface area contributed by atoms with Crippen molar-refractivity contribution in [3.05, 3.63) is 36.5 Å². The highest BCUT2D eigenvalue weighted by Crippen LogP contribution is 2.37. The summed E-state index contributed by atoms with van der Waals surface area (Å²) in [6.07, 6.45) is 3.03. The van der Waals surface area contributed by atoms with Crippen LogP contribution in [0, 0.1) is 5.92 Å². The molecule has 1 amide bonds. The molecule has 1 aliphatic carbocycles. The van der Waals surface area contributed by atoms with Crippen molar-refractivity contribution in [2.75, 3.05) is 5.32 Å². The van der Waals surface area contributed by atoms with Crippen molar-refractivity contribution >= 4 is 68.8 Å². The lowest BCUT2D eigenvalue weighted by atomic mass is 9.93. The van der Waals surface area contributed by atoms with Crippen molar-refractivity contribution in [3.8, 4) is 0 Å². The molecule has 0 saturated heterocycles. The Morgan fingerprint density at radius 2 is 1.91 bits per heavy atom. The molecule has 2 heterocycles. The first-order valence-corrected chi connectivity index (χ1v) is 9.19. The number of pyridine rings is 1. The largest absolute Gasteiger partial charge is 0.296 e. The molecule has 1 aliphatic rings. The van der Waals surface area contributed by atoms with Crippen LogP contribution in [0.4, 0.5) is 5.13 Å². The van der Waals surface area contributed by atoms with E-state index in [1.807, 2.05) is 0 Å². The number of aryl methyl sites for hydroxylation is 1. The monoisotopic (exact) mass is 409 g/mol. The lowest BCUT2D eigenvalue weighted by Crippen LogP contribution is -2.15. The Kier molecular flexibility index (Phi) is 5.04. The summed E-state index contributed by atoms with van der Waals surface area (Å²) in [5, 5.41) is 3.15. The van der Waals surface area contributed by atoms with Crippen LogP contribution >= 0.6 is 57.7 Å². The van der Waals surface area contributed by atoms with Gasteiger partial charge in [0, 0.05) is 4.88 Å². The standard InChI is InChI=1S/C14H11Cl4N3OS/c1-5-2-3-6-7(4-5)23-14(19-6)21-13(22)11-9(16)8(15)10(17)12(18)20-11/h5H,2-4H2,1H3,(H,19,21,22)/t5-/m0/s1. The second kappa shape index (κ2) is 6.73. The molecule has 0 unspecified atom stereocenters. The van der Waals surface area contributed by atoms with Gasteiger partial charge in [0.1, 0.15) is 5.15 Å². The molecule has 0 saturated carbocycles. The third-order valence-electron chi connectivity index (χ3n) is 3.61. The maximum Gasteiger partial charge on any atom is 0.277 e. The van der Waals surface area contributed by atoms with Crippen LogP contribution in [0.25, 0.3) is 0 Å². The van der Waals surface area contributed by atoms with Gasteiger partial charge in [0.25, 0.3) is 5.91 Å². The summed E-state index contributed by atoms with van der Waals surface area (Å²) in [7, 11) is 0. The first kappa shape index (κ1) is 17.2. The summed E-state index contributed by atoms with van der Waals surface area (Å²) in [4.78, 5) is 22.0. The van der Waals surface area contributed by atoms with Crippen LogP contribution in [0.15, 0.2) is 0 Å². The Labute approximate surface area is 157 Å². The van der Waals surface area contributed by atoms with Crippen LogP contribution in [0.2, 0.25) is 20.2 Å². The number of fused-ring (bicyclic) bond motifs is 1. The number of thiazole rings is 1. The van der Waals surface area contributed by atoms with E-state index in [1.165, 1.54) is 16.2 Å². The number of anilines is 1. The van der Waals surface area contributed by atoms with Gasteiger partial charge < -0.3 is 0 Å². The lowest BCUT2D eigenvalue weighted by molar-refractivity contribution is 0.102. The number of aromatic nitrogens is 2. The fourth-order valence-electron chi connectivity index (χ4n) is 2.39. The van der Waals surface area contributed by atoms with E-state index in [4.69, 9.17) is 46.4 Å². The predicted molar refractivity (Wildman–Crippen MR) is 95.5 cm³/mol. The fourth-order valence-corrected chi connectivity index (χ4v) is 4.37. The second-order valence-corrected chi connectivity index (χ2v) is 7.96. The highest BCUT2D eigenvalue weighted by molar-refractivity contribution is 7.15. The van der Waals surface area contributed by atoms with E-state index in [0.29, 0.717) is 11.0 Å².